The van der Waals surface area contributed by atoms with Crippen LogP contribution in [0.2, 0.25) is 0 Å². The number of imidazole rings is 1. The molecule has 0 fully saturated rings. The molecular weight excluding hydrogens is 616 g/mol. The number of hydrogen-bond donors (Lipinski definition) is 9. The standard InChI is InChI=1S/C32H46N12O4/c1-48-23-13-11-21(12-14-23)27-40-19-22(42-27)17-26(44-28(45)24(33)9-5-15-38-31(34)35)30(47)43-25(10-6-16-39-32(36)37)29(46)41-18-20-7-3-2-4-8-20/h2-4,7-8,11-14,19,24-26H,5-6,9-10,15-18,33H2,1H3,(H,40,42)(H,41,46)(H,43,47)(H,44,45)(H4,34,35,38)(H4,36,37,39)/t24-,25-,26-/m0/s1. The largest absolute Gasteiger partial charge is 0.497 e. The molecule has 0 saturated heterocycles. The Balaban J connectivity index is 1.78. The molecule has 0 spiro atoms. The van der Waals surface area contributed by atoms with E-state index < -0.39 is 35.8 Å². The minimum absolute atomic E-state index is 0.0355. The van der Waals surface area contributed by atoms with E-state index in [0.717, 1.165) is 11.1 Å². The first-order chi connectivity index (χ1) is 23.0. The Labute approximate surface area is 279 Å². The van der Waals surface area contributed by atoms with Gasteiger partial charge in [0.1, 0.15) is 23.7 Å². The van der Waals surface area contributed by atoms with E-state index in [1.54, 1.807) is 25.4 Å². The van der Waals surface area contributed by atoms with E-state index in [9.17, 15) is 14.4 Å². The highest BCUT2D eigenvalue weighted by molar-refractivity contribution is 5.93. The number of rotatable bonds is 19. The molecule has 1 aromatic heterocycles. The average Bonchev–Trinajstić information content (AvgIpc) is 3.55. The fraction of sp³-hybridized carbons (Fsp3) is 0.375. The molecule has 0 aliphatic carbocycles. The third kappa shape index (κ3) is 12.6. The zero-order chi connectivity index (χ0) is 34.9. The van der Waals surface area contributed by atoms with E-state index in [0.29, 0.717) is 36.7 Å². The van der Waals surface area contributed by atoms with E-state index in [1.807, 2.05) is 42.5 Å². The lowest BCUT2D eigenvalue weighted by Gasteiger charge is -2.24. The smallest absolute Gasteiger partial charge is 0.243 e. The van der Waals surface area contributed by atoms with Gasteiger partial charge < -0.3 is 54.3 Å². The number of amides is 3. The van der Waals surface area contributed by atoms with Crippen molar-refractivity contribution in [3.63, 3.8) is 0 Å². The molecule has 2 aromatic carbocycles. The highest BCUT2D eigenvalue weighted by Crippen LogP contribution is 2.20. The van der Waals surface area contributed by atoms with Crippen molar-refractivity contribution >= 4 is 29.6 Å². The number of hydrogen-bond acceptors (Lipinski definition) is 8. The van der Waals surface area contributed by atoms with Crippen molar-refractivity contribution in [2.45, 2.75) is 56.8 Å². The summed E-state index contributed by atoms with van der Waals surface area (Å²) < 4.78 is 5.23. The SMILES string of the molecule is COc1ccc(-c2ncc(C[C@H](NC(=O)[C@@H](N)CCCN=C(N)N)C(=O)N[C@@H](CCCN=C(N)N)C(=O)NCc3ccccc3)[nH]2)cc1. The predicted octanol–water partition coefficient (Wildman–Crippen LogP) is -0.652. The van der Waals surface area contributed by atoms with Gasteiger partial charge in [-0.25, -0.2) is 4.98 Å². The van der Waals surface area contributed by atoms with Crippen LogP contribution in [0.4, 0.5) is 0 Å². The van der Waals surface area contributed by atoms with Gasteiger partial charge in [0.05, 0.1) is 13.2 Å². The van der Waals surface area contributed by atoms with Crippen LogP contribution in [0.15, 0.2) is 70.8 Å². The molecule has 16 heteroatoms. The van der Waals surface area contributed by atoms with Gasteiger partial charge in [0.15, 0.2) is 11.9 Å². The Morgan fingerprint density at radius 3 is 2.08 bits per heavy atom. The number of aromatic nitrogens is 2. The second-order valence-corrected chi connectivity index (χ2v) is 11.0. The van der Waals surface area contributed by atoms with Gasteiger partial charge in [-0.15, -0.1) is 0 Å². The molecule has 0 aliphatic heterocycles. The van der Waals surface area contributed by atoms with E-state index in [1.165, 1.54) is 0 Å². The van der Waals surface area contributed by atoms with Crippen LogP contribution in [-0.2, 0) is 27.3 Å². The van der Waals surface area contributed by atoms with Crippen LogP contribution in [-0.4, -0.2) is 77.9 Å². The molecule has 3 atom stereocenters. The first-order valence-corrected chi connectivity index (χ1v) is 15.5. The second-order valence-electron chi connectivity index (χ2n) is 11.0. The Bertz CT molecular complexity index is 1520. The summed E-state index contributed by atoms with van der Waals surface area (Å²) in [6.07, 6.45) is 2.99. The number of carbonyl (C=O) groups excluding carboxylic acids is 3. The van der Waals surface area contributed by atoms with Crippen molar-refractivity contribution in [2.75, 3.05) is 20.2 Å². The maximum atomic E-state index is 13.8. The minimum Gasteiger partial charge on any atom is -0.497 e. The summed E-state index contributed by atoms with van der Waals surface area (Å²) in [4.78, 5) is 55.8. The van der Waals surface area contributed by atoms with Crippen molar-refractivity contribution in [2.24, 2.45) is 38.7 Å². The van der Waals surface area contributed by atoms with E-state index in [-0.39, 0.29) is 44.3 Å². The van der Waals surface area contributed by atoms with Gasteiger partial charge in [-0.1, -0.05) is 30.3 Å². The molecule has 0 bridgehead atoms. The number of methoxy groups -OCH3 is 1. The molecule has 3 rings (SSSR count). The number of ether oxygens (including phenoxy) is 1. The molecular formula is C32H46N12O4. The van der Waals surface area contributed by atoms with Gasteiger partial charge in [0.2, 0.25) is 17.7 Å². The number of aliphatic imine (C=N–C) groups is 2. The first-order valence-electron chi connectivity index (χ1n) is 15.5. The maximum Gasteiger partial charge on any atom is 0.243 e. The Hall–Kier alpha value is -5.64. The summed E-state index contributed by atoms with van der Waals surface area (Å²) in [5, 5.41) is 8.43. The Morgan fingerprint density at radius 1 is 0.833 bits per heavy atom. The number of nitrogens with zero attached hydrogens (tertiary/aromatic N) is 3. The third-order valence-electron chi connectivity index (χ3n) is 7.24. The van der Waals surface area contributed by atoms with Gasteiger partial charge in [0.25, 0.3) is 0 Å². The highest BCUT2D eigenvalue weighted by atomic mass is 16.5. The molecule has 3 aromatic rings. The summed E-state index contributed by atoms with van der Waals surface area (Å²) >= 11 is 0. The van der Waals surface area contributed by atoms with Crippen molar-refractivity contribution < 1.29 is 19.1 Å². The molecule has 0 unspecified atom stereocenters. The summed E-state index contributed by atoms with van der Waals surface area (Å²) in [6, 6.07) is 13.7. The molecule has 48 heavy (non-hydrogen) atoms. The van der Waals surface area contributed by atoms with E-state index in [4.69, 9.17) is 33.4 Å². The number of nitrogens with two attached hydrogens (primary N) is 5. The summed E-state index contributed by atoms with van der Waals surface area (Å²) in [6.45, 7) is 0.823. The van der Waals surface area contributed by atoms with Gasteiger partial charge in [-0.3, -0.25) is 24.4 Å². The zero-order valence-corrected chi connectivity index (χ0v) is 27.0. The monoisotopic (exact) mass is 662 g/mol. The zero-order valence-electron chi connectivity index (χ0n) is 27.0. The summed E-state index contributed by atoms with van der Waals surface area (Å²) in [5.74, 6) is -0.408. The summed E-state index contributed by atoms with van der Waals surface area (Å²) in [7, 11) is 1.58. The lowest BCUT2D eigenvalue weighted by molar-refractivity contribution is -0.132. The van der Waals surface area contributed by atoms with Gasteiger partial charge >= 0.3 is 0 Å². The lowest BCUT2D eigenvalue weighted by Crippen LogP contribution is -2.56. The predicted molar refractivity (Wildman–Crippen MR) is 184 cm³/mol. The van der Waals surface area contributed by atoms with Crippen LogP contribution >= 0.6 is 0 Å². The average molecular weight is 663 g/mol. The molecule has 14 N–H and O–H groups in total. The fourth-order valence-electron chi connectivity index (χ4n) is 4.67. The molecule has 16 nitrogen and oxygen atoms in total. The normalized spacial score (nSPS) is 12.5. The van der Waals surface area contributed by atoms with Gasteiger partial charge in [0, 0.05) is 43.5 Å². The van der Waals surface area contributed by atoms with Crippen LogP contribution in [0.5, 0.6) is 5.75 Å². The maximum absolute atomic E-state index is 13.8. The first kappa shape index (κ1) is 36.8. The number of carbonyl (C=O) groups is 3. The number of benzene rings is 2. The van der Waals surface area contributed by atoms with Crippen LogP contribution in [0.1, 0.15) is 36.9 Å². The Kier molecular flexibility index (Phi) is 14.7. The lowest BCUT2D eigenvalue weighted by atomic mass is 10.1. The van der Waals surface area contributed by atoms with Crippen molar-refractivity contribution in [1.29, 1.82) is 0 Å². The van der Waals surface area contributed by atoms with E-state index in [2.05, 4.69) is 35.9 Å². The number of nitrogens with one attached hydrogen (secondary N) is 4. The van der Waals surface area contributed by atoms with Crippen molar-refractivity contribution in [1.82, 2.24) is 25.9 Å². The van der Waals surface area contributed by atoms with Crippen molar-refractivity contribution in [3.8, 4) is 17.1 Å². The summed E-state index contributed by atoms with van der Waals surface area (Å²) in [5.41, 5.74) is 30.0. The topological polar surface area (TPSA) is 280 Å². The third-order valence-corrected chi connectivity index (χ3v) is 7.24. The second kappa shape index (κ2) is 19.1. The minimum atomic E-state index is -1.10. The Morgan fingerprint density at radius 2 is 1.46 bits per heavy atom. The van der Waals surface area contributed by atoms with Crippen LogP contribution < -0.4 is 49.4 Å². The molecule has 0 aliphatic rings. The van der Waals surface area contributed by atoms with Crippen LogP contribution in [0.25, 0.3) is 11.4 Å². The van der Waals surface area contributed by atoms with Gasteiger partial charge in [-0.05, 0) is 55.5 Å². The van der Waals surface area contributed by atoms with Crippen molar-refractivity contribution in [3.05, 3.63) is 72.1 Å². The number of H-pyrrole nitrogens is 1. The van der Waals surface area contributed by atoms with Crippen LogP contribution in [0, 0.1) is 0 Å². The number of guanidine groups is 2. The quantitative estimate of drug-likeness (QED) is 0.0444. The highest BCUT2D eigenvalue weighted by Gasteiger charge is 2.29. The van der Waals surface area contributed by atoms with E-state index >= 15 is 0 Å². The molecule has 0 saturated carbocycles. The van der Waals surface area contributed by atoms with Gasteiger partial charge in [-0.2, -0.15) is 0 Å². The molecule has 3 amide bonds. The molecule has 0 radical (unpaired) electrons. The fourth-order valence-corrected chi connectivity index (χ4v) is 4.67. The molecule has 1 heterocycles. The van der Waals surface area contributed by atoms with Crippen LogP contribution in [0.3, 0.4) is 0 Å². The molecule has 258 valence electrons. The number of aromatic amines is 1.